The van der Waals surface area contributed by atoms with E-state index in [4.69, 9.17) is 9.47 Å². The maximum Gasteiger partial charge on any atom is 0.323 e. The van der Waals surface area contributed by atoms with E-state index in [1.807, 2.05) is 13.8 Å². The molecular weight excluding hydrogens is 232 g/mol. The Morgan fingerprint density at radius 3 is 2.89 bits per heavy atom. The summed E-state index contributed by atoms with van der Waals surface area (Å²) in [5.74, 6) is -0.143. The van der Waals surface area contributed by atoms with Gasteiger partial charge in [-0.15, -0.1) is 0 Å². The molecule has 2 atom stereocenters. The lowest BCUT2D eigenvalue weighted by atomic mass is 10.1. The van der Waals surface area contributed by atoms with E-state index in [2.05, 4.69) is 17.3 Å². The lowest BCUT2D eigenvalue weighted by molar-refractivity contribution is -0.145. The first kappa shape index (κ1) is 15.4. The summed E-state index contributed by atoms with van der Waals surface area (Å²) >= 11 is 0. The van der Waals surface area contributed by atoms with Crippen molar-refractivity contribution in [1.82, 2.24) is 10.2 Å². The van der Waals surface area contributed by atoms with Crippen molar-refractivity contribution >= 4 is 5.97 Å². The Morgan fingerprint density at radius 2 is 2.33 bits per heavy atom. The van der Waals surface area contributed by atoms with Crippen LogP contribution in [0.25, 0.3) is 0 Å². The van der Waals surface area contributed by atoms with Crippen molar-refractivity contribution in [3.63, 3.8) is 0 Å². The third kappa shape index (κ3) is 4.92. The molecule has 5 nitrogen and oxygen atoms in total. The molecule has 1 heterocycles. The molecule has 18 heavy (non-hydrogen) atoms. The molecule has 0 aromatic carbocycles. The van der Waals surface area contributed by atoms with Crippen molar-refractivity contribution in [2.45, 2.75) is 38.8 Å². The van der Waals surface area contributed by atoms with E-state index in [-0.39, 0.29) is 12.0 Å². The molecule has 2 unspecified atom stereocenters. The summed E-state index contributed by atoms with van der Waals surface area (Å²) in [7, 11) is 2.09. The lowest BCUT2D eigenvalue weighted by Gasteiger charge is -2.25. The number of likely N-dealkylation sites (N-methyl/N-ethyl adjacent to an activating group) is 2. The monoisotopic (exact) mass is 258 g/mol. The van der Waals surface area contributed by atoms with Gasteiger partial charge < -0.3 is 19.7 Å². The highest BCUT2D eigenvalue weighted by molar-refractivity contribution is 5.75. The average Bonchev–Trinajstić information content (AvgIpc) is 2.88. The summed E-state index contributed by atoms with van der Waals surface area (Å²) in [6.07, 6.45) is 1.86. The molecule has 0 spiro atoms. The van der Waals surface area contributed by atoms with Gasteiger partial charge in [0.15, 0.2) is 0 Å². The van der Waals surface area contributed by atoms with Crippen LogP contribution < -0.4 is 5.32 Å². The van der Waals surface area contributed by atoms with Gasteiger partial charge in [-0.2, -0.15) is 0 Å². The highest BCUT2D eigenvalue weighted by Gasteiger charge is 2.23. The number of nitrogens with zero attached hydrogens (tertiary/aromatic N) is 1. The summed E-state index contributed by atoms with van der Waals surface area (Å²) in [5.41, 5.74) is 0. The van der Waals surface area contributed by atoms with Gasteiger partial charge in [0, 0.05) is 19.2 Å². The van der Waals surface area contributed by atoms with E-state index >= 15 is 0 Å². The van der Waals surface area contributed by atoms with Gasteiger partial charge in [0.05, 0.1) is 13.2 Å². The zero-order valence-electron chi connectivity index (χ0n) is 11.8. The summed E-state index contributed by atoms with van der Waals surface area (Å²) in [6, 6.07) is 0.300. The van der Waals surface area contributed by atoms with Crippen LogP contribution in [-0.4, -0.2) is 62.9 Å². The summed E-state index contributed by atoms with van der Waals surface area (Å²) < 4.78 is 10.4. The molecule has 5 heteroatoms. The smallest absolute Gasteiger partial charge is 0.323 e. The number of carbonyl (C=O) groups excluding carboxylic acids is 1. The molecule has 0 radical (unpaired) electrons. The number of nitrogens with one attached hydrogen (secondary N) is 1. The van der Waals surface area contributed by atoms with E-state index in [0.29, 0.717) is 12.6 Å². The molecule has 1 N–H and O–H groups in total. The van der Waals surface area contributed by atoms with Crippen LogP contribution in [0.3, 0.4) is 0 Å². The topological polar surface area (TPSA) is 50.8 Å². The molecule has 0 amide bonds. The Labute approximate surface area is 110 Å². The van der Waals surface area contributed by atoms with Gasteiger partial charge in [0.25, 0.3) is 0 Å². The molecule has 0 aromatic rings. The highest BCUT2D eigenvalue weighted by atomic mass is 16.5. The minimum atomic E-state index is -0.195. The fraction of sp³-hybridized carbons (Fsp3) is 0.923. The first-order valence-electron chi connectivity index (χ1n) is 6.87. The number of hydrogen-bond acceptors (Lipinski definition) is 5. The van der Waals surface area contributed by atoms with Crippen molar-refractivity contribution in [3.05, 3.63) is 0 Å². The predicted molar refractivity (Wildman–Crippen MR) is 70.6 cm³/mol. The van der Waals surface area contributed by atoms with E-state index in [1.165, 1.54) is 0 Å². The second-order valence-corrected chi connectivity index (χ2v) is 4.65. The van der Waals surface area contributed by atoms with Crippen LogP contribution >= 0.6 is 0 Å². The van der Waals surface area contributed by atoms with Crippen molar-refractivity contribution in [3.8, 4) is 0 Å². The van der Waals surface area contributed by atoms with Gasteiger partial charge in [0.1, 0.15) is 6.04 Å². The van der Waals surface area contributed by atoms with Gasteiger partial charge in [-0.3, -0.25) is 4.79 Å². The molecule has 1 fully saturated rings. The largest absolute Gasteiger partial charge is 0.465 e. The van der Waals surface area contributed by atoms with Crippen molar-refractivity contribution in [2.75, 3.05) is 40.0 Å². The van der Waals surface area contributed by atoms with Crippen LogP contribution in [-0.2, 0) is 14.3 Å². The quantitative estimate of drug-likeness (QED) is 0.647. The molecule has 1 rings (SSSR count). The Morgan fingerprint density at radius 1 is 1.56 bits per heavy atom. The van der Waals surface area contributed by atoms with E-state index in [9.17, 15) is 4.79 Å². The zero-order chi connectivity index (χ0) is 13.4. The second-order valence-electron chi connectivity index (χ2n) is 4.65. The van der Waals surface area contributed by atoms with Crippen LogP contribution in [0, 0.1) is 0 Å². The summed E-state index contributed by atoms with van der Waals surface area (Å²) in [5, 5.41) is 3.18. The Balaban J connectivity index is 2.33. The predicted octanol–water partition coefficient (Wildman–Crippen LogP) is 0.638. The normalized spacial score (nSPS) is 21.2. The van der Waals surface area contributed by atoms with Gasteiger partial charge in [-0.25, -0.2) is 0 Å². The maximum atomic E-state index is 11.7. The lowest BCUT2D eigenvalue weighted by Crippen LogP contribution is -2.42. The van der Waals surface area contributed by atoms with Gasteiger partial charge in [-0.05, 0) is 33.4 Å². The number of ether oxygens (including phenoxy) is 2. The molecule has 0 aliphatic carbocycles. The van der Waals surface area contributed by atoms with E-state index in [0.717, 1.165) is 39.1 Å². The van der Waals surface area contributed by atoms with Crippen LogP contribution in [0.5, 0.6) is 0 Å². The van der Waals surface area contributed by atoms with E-state index in [1.54, 1.807) is 0 Å². The number of carbonyl (C=O) groups is 1. The number of hydrogen-bond donors (Lipinski definition) is 1. The maximum absolute atomic E-state index is 11.7. The Kier molecular flexibility index (Phi) is 7.23. The highest BCUT2D eigenvalue weighted by Crippen LogP contribution is 2.11. The van der Waals surface area contributed by atoms with Gasteiger partial charge >= 0.3 is 5.97 Å². The van der Waals surface area contributed by atoms with Crippen molar-refractivity contribution in [2.24, 2.45) is 0 Å². The molecule has 106 valence electrons. The first-order valence-corrected chi connectivity index (χ1v) is 6.87. The van der Waals surface area contributed by atoms with Crippen LogP contribution in [0.2, 0.25) is 0 Å². The molecule has 0 aromatic heterocycles. The average molecular weight is 258 g/mol. The van der Waals surface area contributed by atoms with E-state index < -0.39 is 0 Å². The summed E-state index contributed by atoms with van der Waals surface area (Å²) in [6.45, 7) is 7.59. The van der Waals surface area contributed by atoms with Crippen LogP contribution in [0.15, 0.2) is 0 Å². The van der Waals surface area contributed by atoms with Crippen molar-refractivity contribution in [1.29, 1.82) is 0 Å². The fourth-order valence-corrected chi connectivity index (χ4v) is 2.18. The van der Waals surface area contributed by atoms with Crippen LogP contribution in [0.1, 0.15) is 26.7 Å². The molecule has 1 aliphatic rings. The third-order valence-corrected chi connectivity index (χ3v) is 3.32. The van der Waals surface area contributed by atoms with Crippen molar-refractivity contribution < 1.29 is 14.3 Å². The van der Waals surface area contributed by atoms with Gasteiger partial charge in [-0.1, -0.05) is 6.92 Å². The Hall–Kier alpha value is -0.650. The third-order valence-electron chi connectivity index (χ3n) is 3.32. The molecule has 1 aliphatic heterocycles. The second kappa shape index (κ2) is 8.45. The molecule has 0 saturated carbocycles. The van der Waals surface area contributed by atoms with Crippen LogP contribution in [0.4, 0.5) is 0 Å². The number of esters is 1. The van der Waals surface area contributed by atoms with Gasteiger partial charge in [0.2, 0.25) is 0 Å². The fourth-order valence-electron chi connectivity index (χ4n) is 2.18. The summed E-state index contributed by atoms with van der Waals surface area (Å²) in [4.78, 5) is 14.0. The SMILES string of the molecule is CCNC(CCN(C)C1CCOC1)C(=O)OCC. The first-order chi connectivity index (χ1) is 8.69. The minimum absolute atomic E-state index is 0.143. The number of rotatable bonds is 8. The molecule has 1 saturated heterocycles. The molecular formula is C13H26N2O3. The minimum Gasteiger partial charge on any atom is -0.465 e. The zero-order valence-corrected chi connectivity index (χ0v) is 11.8. The Bertz CT molecular complexity index is 242. The molecule has 0 bridgehead atoms. The standard InChI is InChI=1S/C13H26N2O3/c1-4-14-12(13(16)18-5-2)6-8-15(3)11-7-9-17-10-11/h11-12,14H,4-10H2,1-3H3.